The van der Waals surface area contributed by atoms with Gasteiger partial charge in [-0.05, 0) is 24.6 Å². The molecule has 1 saturated heterocycles. The second-order valence-corrected chi connectivity index (χ2v) is 6.03. The molecule has 1 aromatic carbocycles. The van der Waals surface area contributed by atoms with E-state index < -0.39 is 6.10 Å². The number of rotatable bonds is 7. The number of aliphatic hydroxyl groups excluding tert-OH is 2. The van der Waals surface area contributed by atoms with E-state index in [1.807, 2.05) is 0 Å². The summed E-state index contributed by atoms with van der Waals surface area (Å²) in [5, 5.41) is 20.0. The van der Waals surface area contributed by atoms with Crippen LogP contribution in [0.4, 0.5) is 0 Å². The summed E-state index contributed by atoms with van der Waals surface area (Å²) in [4.78, 5) is 4.60. The quantitative estimate of drug-likeness (QED) is 0.792. The molecule has 1 aliphatic heterocycles. The van der Waals surface area contributed by atoms with Crippen molar-refractivity contribution in [2.75, 3.05) is 53.0 Å². The molecule has 22 heavy (non-hydrogen) atoms. The Bertz CT molecular complexity index is 465. The number of β-amino-alcohol motifs (C(OH)–C–C–N with tert-alkyl or cyclic N) is 1. The predicted octanol–water partition coefficient (Wildman–Crippen LogP) is 1.38. The molecule has 1 fully saturated rings. The molecule has 0 spiro atoms. The van der Waals surface area contributed by atoms with E-state index in [0.29, 0.717) is 17.2 Å². The van der Waals surface area contributed by atoms with Gasteiger partial charge in [0.05, 0.1) is 19.8 Å². The van der Waals surface area contributed by atoms with Crippen molar-refractivity contribution >= 4 is 11.6 Å². The summed E-state index contributed by atoms with van der Waals surface area (Å²) < 4.78 is 5.29. The van der Waals surface area contributed by atoms with E-state index in [4.69, 9.17) is 21.4 Å². The van der Waals surface area contributed by atoms with Gasteiger partial charge in [0.15, 0.2) is 0 Å². The number of hydrogen-bond acceptors (Lipinski definition) is 5. The second-order valence-electron chi connectivity index (χ2n) is 5.60. The van der Waals surface area contributed by atoms with Gasteiger partial charge >= 0.3 is 0 Å². The normalized spacial score (nSPS) is 18.4. The average molecular weight is 329 g/mol. The molecule has 0 radical (unpaired) electrons. The lowest BCUT2D eigenvalue weighted by molar-refractivity contribution is 0.0916. The highest BCUT2D eigenvalue weighted by Crippen LogP contribution is 2.30. The number of halogens is 1. The fourth-order valence-corrected chi connectivity index (χ4v) is 2.98. The lowest BCUT2D eigenvalue weighted by Crippen LogP contribution is -2.47. The van der Waals surface area contributed by atoms with Crippen LogP contribution in [0.25, 0.3) is 0 Å². The van der Waals surface area contributed by atoms with Gasteiger partial charge in [0.2, 0.25) is 0 Å². The van der Waals surface area contributed by atoms with Gasteiger partial charge in [0.25, 0.3) is 0 Å². The van der Waals surface area contributed by atoms with Crippen molar-refractivity contribution in [2.45, 2.75) is 12.5 Å². The van der Waals surface area contributed by atoms with Crippen LogP contribution in [0.3, 0.4) is 0 Å². The molecule has 6 heteroatoms. The van der Waals surface area contributed by atoms with E-state index in [1.165, 1.54) is 0 Å². The van der Waals surface area contributed by atoms with Crippen LogP contribution in [0.5, 0.6) is 5.75 Å². The van der Waals surface area contributed by atoms with E-state index in [2.05, 4.69) is 9.80 Å². The van der Waals surface area contributed by atoms with E-state index in [-0.39, 0.29) is 6.61 Å². The zero-order chi connectivity index (χ0) is 15.9. The molecule has 0 amide bonds. The molecular formula is C16H25ClN2O3. The average Bonchev–Trinajstić information content (AvgIpc) is 2.54. The zero-order valence-electron chi connectivity index (χ0n) is 13.0. The summed E-state index contributed by atoms with van der Waals surface area (Å²) in [6.07, 6.45) is 0.0700. The minimum atomic E-state index is -0.580. The highest BCUT2D eigenvalue weighted by molar-refractivity contribution is 6.30. The Morgan fingerprint density at radius 2 is 1.82 bits per heavy atom. The van der Waals surface area contributed by atoms with Gasteiger partial charge in [0.1, 0.15) is 5.75 Å². The molecule has 2 rings (SSSR count). The number of benzene rings is 1. The molecular weight excluding hydrogens is 304 g/mol. The summed E-state index contributed by atoms with van der Waals surface area (Å²) in [5.74, 6) is 0.671. The minimum Gasteiger partial charge on any atom is -0.496 e. The molecule has 1 aromatic rings. The Balaban J connectivity index is 1.83. The van der Waals surface area contributed by atoms with Crippen molar-refractivity contribution in [1.82, 2.24) is 9.80 Å². The van der Waals surface area contributed by atoms with E-state index in [0.717, 1.165) is 44.8 Å². The lowest BCUT2D eigenvalue weighted by Gasteiger charge is -2.34. The number of piperazine rings is 1. The van der Waals surface area contributed by atoms with Gasteiger partial charge in [-0.15, -0.1) is 0 Å². The van der Waals surface area contributed by atoms with E-state index in [1.54, 1.807) is 25.3 Å². The number of nitrogens with zero attached hydrogens (tertiary/aromatic N) is 2. The van der Waals surface area contributed by atoms with E-state index in [9.17, 15) is 5.11 Å². The number of aliphatic hydroxyl groups is 2. The summed E-state index contributed by atoms with van der Waals surface area (Å²) in [6.45, 7) is 5.68. The van der Waals surface area contributed by atoms with Gasteiger partial charge in [-0.1, -0.05) is 11.6 Å². The van der Waals surface area contributed by atoms with Crippen LogP contribution in [0.1, 0.15) is 18.1 Å². The highest BCUT2D eigenvalue weighted by Gasteiger charge is 2.19. The molecule has 1 heterocycles. The molecule has 0 saturated carbocycles. The monoisotopic (exact) mass is 328 g/mol. The van der Waals surface area contributed by atoms with Gasteiger partial charge in [-0.25, -0.2) is 0 Å². The molecule has 5 nitrogen and oxygen atoms in total. The Hall–Kier alpha value is -0.850. The maximum atomic E-state index is 10.4. The first-order valence-corrected chi connectivity index (χ1v) is 8.09. The van der Waals surface area contributed by atoms with Crippen molar-refractivity contribution in [2.24, 2.45) is 0 Å². The third-order valence-electron chi connectivity index (χ3n) is 4.15. The molecule has 0 aliphatic carbocycles. The summed E-state index contributed by atoms with van der Waals surface area (Å²) in [7, 11) is 1.60. The fraction of sp³-hybridized carbons (Fsp3) is 0.625. The van der Waals surface area contributed by atoms with Crippen molar-refractivity contribution in [3.05, 3.63) is 28.8 Å². The number of methoxy groups -OCH3 is 1. The predicted molar refractivity (Wildman–Crippen MR) is 87.5 cm³/mol. The van der Waals surface area contributed by atoms with Crippen LogP contribution in [-0.2, 0) is 0 Å². The zero-order valence-corrected chi connectivity index (χ0v) is 13.8. The minimum absolute atomic E-state index is 0.216. The van der Waals surface area contributed by atoms with Gasteiger partial charge < -0.3 is 19.8 Å². The van der Waals surface area contributed by atoms with Gasteiger partial charge in [-0.2, -0.15) is 0 Å². The van der Waals surface area contributed by atoms with Gasteiger partial charge in [-0.3, -0.25) is 4.90 Å². The molecule has 1 unspecified atom stereocenters. The topological polar surface area (TPSA) is 56.2 Å². The molecule has 124 valence electrons. The standard InChI is InChI=1S/C16H25ClN2O3/c1-22-16-3-2-13(17)12-14(16)15(21)4-5-18-6-8-19(9-7-18)10-11-20/h2-3,12,15,20-21H,4-11H2,1H3. The maximum absolute atomic E-state index is 10.4. The Morgan fingerprint density at radius 3 is 2.41 bits per heavy atom. The Kier molecular flexibility index (Phi) is 6.92. The molecule has 0 aromatic heterocycles. The summed E-state index contributed by atoms with van der Waals surface area (Å²) in [5.41, 5.74) is 0.744. The summed E-state index contributed by atoms with van der Waals surface area (Å²) >= 11 is 6.01. The number of hydrogen-bond donors (Lipinski definition) is 2. The third-order valence-corrected chi connectivity index (χ3v) is 4.39. The van der Waals surface area contributed by atoms with Crippen LogP contribution in [-0.4, -0.2) is 73.0 Å². The van der Waals surface area contributed by atoms with E-state index >= 15 is 0 Å². The fourth-order valence-electron chi connectivity index (χ4n) is 2.80. The van der Waals surface area contributed by atoms with Crippen molar-refractivity contribution in [1.29, 1.82) is 0 Å². The molecule has 1 aliphatic rings. The first-order chi connectivity index (χ1) is 10.6. The molecule has 2 N–H and O–H groups in total. The van der Waals surface area contributed by atoms with Crippen LogP contribution >= 0.6 is 11.6 Å². The summed E-state index contributed by atoms with van der Waals surface area (Å²) in [6, 6.07) is 5.32. The Morgan fingerprint density at radius 1 is 1.18 bits per heavy atom. The molecule has 0 bridgehead atoms. The first kappa shape index (κ1) is 17.5. The maximum Gasteiger partial charge on any atom is 0.124 e. The van der Waals surface area contributed by atoms with Crippen LogP contribution in [0, 0.1) is 0 Å². The smallest absolute Gasteiger partial charge is 0.124 e. The third kappa shape index (κ3) is 4.83. The second kappa shape index (κ2) is 8.70. The van der Waals surface area contributed by atoms with Crippen molar-refractivity contribution in [3.8, 4) is 5.75 Å². The van der Waals surface area contributed by atoms with Gasteiger partial charge in [0, 0.05) is 49.9 Å². The van der Waals surface area contributed by atoms with Crippen LogP contribution in [0.15, 0.2) is 18.2 Å². The Labute approximate surface area is 137 Å². The van der Waals surface area contributed by atoms with Crippen LogP contribution < -0.4 is 4.74 Å². The number of ether oxygens (including phenoxy) is 1. The molecule has 1 atom stereocenters. The first-order valence-electron chi connectivity index (χ1n) is 7.71. The lowest BCUT2D eigenvalue weighted by atomic mass is 10.0. The van der Waals surface area contributed by atoms with Crippen LogP contribution in [0.2, 0.25) is 5.02 Å². The van der Waals surface area contributed by atoms with Crippen molar-refractivity contribution in [3.63, 3.8) is 0 Å². The van der Waals surface area contributed by atoms with Crippen molar-refractivity contribution < 1.29 is 14.9 Å². The SMILES string of the molecule is COc1ccc(Cl)cc1C(O)CCN1CCN(CCO)CC1. The largest absolute Gasteiger partial charge is 0.496 e. The highest BCUT2D eigenvalue weighted by atomic mass is 35.5.